The zero-order valence-electron chi connectivity index (χ0n) is 24.4. The van der Waals surface area contributed by atoms with Crippen LogP contribution in [0.3, 0.4) is 0 Å². The number of sulfonamides is 1. The van der Waals surface area contributed by atoms with Gasteiger partial charge in [-0.2, -0.15) is 4.31 Å². The summed E-state index contributed by atoms with van der Waals surface area (Å²) in [5.74, 6) is 0.422. The van der Waals surface area contributed by atoms with Crippen molar-refractivity contribution in [1.29, 1.82) is 0 Å². The molecule has 0 spiro atoms. The molecule has 2 aliphatic rings. The van der Waals surface area contributed by atoms with E-state index in [2.05, 4.69) is 4.98 Å². The zero-order chi connectivity index (χ0) is 30.2. The monoisotopic (exact) mass is 598 g/mol. The number of benzene rings is 2. The fourth-order valence-electron chi connectivity index (χ4n) is 5.47. The molecule has 2 atom stereocenters. The number of aryl methyl sites for hydroxylation is 2. The molecule has 1 saturated heterocycles. The van der Waals surface area contributed by atoms with E-state index in [0.29, 0.717) is 43.1 Å². The Morgan fingerprint density at radius 3 is 2.21 bits per heavy atom. The lowest BCUT2D eigenvalue weighted by Gasteiger charge is -2.23. The summed E-state index contributed by atoms with van der Waals surface area (Å²) in [5.41, 5.74) is 3.29. The molecule has 2 heterocycles. The van der Waals surface area contributed by atoms with Crippen molar-refractivity contribution in [2.24, 2.45) is 0 Å². The van der Waals surface area contributed by atoms with Crippen molar-refractivity contribution in [2.45, 2.75) is 69.5 Å². The Morgan fingerprint density at radius 1 is 1.05 bits per heavy atom. The molecule has 42 heavy (non-hydrogen) atoms. The number of aliphatic hydroxyl groups is 2. The van der Waals surface area contributed by atoms with Gasteiger partial charge in [0.1, 0.15) is 12.0 Å². The van der Waals surface area contributed by atoms with E-state index in [-0.39, 0.29) is 35.0 Å². The minimum absolute atomic E-state index is 0.0680. The van der Waals surface area contributed by atoms with E-state index in [1.165, 1.54) is 15.5 Å². The zero-order valence-corrected chi connectivity index (χ0v) is 25.2. The third-order valence-corrected chi connectivity index (χ3v) is 9.99. The molecule has 1 saturated carbocycles. The van der Waals surface area contributed by atoms with Crippen molar-refractivity contribution >= 4 is 15.9 Å². The maximum Gasteiger partial charge on any atom is 0.275 e. The quantitative estimate of drug-likeness (QED) is 0.341. The smallest absolute Gasteiger partial charge is 0.275 e. The second kappa shape index (κ2) is 12.1. The van der Waals surface area contributed by atoms with Crippen LogP contribution in [-0.4, -0.2) is 89.1 Å². The largest absolute Gasteiger partial charge is 0.497 e. The number of aliphatic hydroxyl groups excluding tert-OH is 2. The number of likely N-dealkylation sites (tertiary alicyclic amines) is 1. The van der Waals surface area contributed by atoms with Crippen LogP contribution in [-0.2, 0) is 29.7 Å². The van der Waals surface area contributed by atoms with Crippen molar-refractivity contribution in [3.63, 3.8) is 0 Å². The van der Waals surface area contributed by atoms with Gasteiger partial charge in [-0.25, -0.2) is 13.4 Å². The van der Waals surface area contributed by atoms with Crippen LogP contribution in [0.4, 0.5) is 0 Å². The molecule has 2 unspecified atom stereocenters. The lowest BCUT2D eigenvalue weighted by Crippen LogP contribution is -2.34. The number of oxazole rings is 1. The number of β-amino-alcohol motifs (C(OH)–C–C–N with tert-alkyl or cyclic N) is 2. The van der Waals surface area contributed by atoms with Crippen molar-refractivity contribution in [2.75, 3.05) is 27.2 Å². The molecule has 1 aromatic heterocycles. The summed E-state index contributed by atoms with van der Waals surface area (Å²) < 4.78 is 39.9. The second-order valence-electron chi connectivity index (χ2n) is 11.3. The third-order valence-electron chi connectivity index (χ3n) is 7.78. The van der Waals surface area contributed by atoms with Gasteiger partial charge in [0.25, 0.3) is 5.91 Å². The van der Waals surface area contributed by atoms with E-state index in [4.69, 9.17) is 9.15 Å². The first-order valence-electron chi connectivity index (χ1n) is 14.0. The first-order valence-corrected chi connectivity index (χ1v) is 15.4. The predicted molar refractivity (Wildman–Crippen MR) is 154 cm³/mol. The van der Waals surface area contributed by atoms with Crippen molar-refractivity contribution in [3.8, 4) is 5.75 Å². The van der Waals surface area contributed by atoms with Crippen LogP contribution >= 0.6 is 0 Å². The molecule has 3 aromatic rings. The van der Waals surface area contributed by atoms with Gasteiger partial charge in [0.15, 0.2) is 5.69 Å². The van der Waals surface area contributed by atoms with Crippen LogP contribution in [0.25, 0.3) is 0 Å². The molecule has 0 radical (unpaired) electrons. The number of carbonyl (C=O) groups excluding carboxylic acids is 1. The first-order chi connectivity index (χ1) is 20.0. The number of ether oxygens (including phenoxy) is 1. The first kappa shape index (κ1) is 30.2. The van der Waals surface area contributed by atoms with Crippen LogP contribution in [0, 0.1) is 13.8 Å². The molecule has 226 valence electrons. The van der Waals surface area contributed by atoms with Gasteiger partial charge in [-0.05, 0) is 61.1 Å². The van der Waals surface area contributed by atoms with E-state index in [0.717, 1.165) is 24.0 Å². The molecule has 11 nitrogen and oxygen atoms in total. The lowest BCUT2D eigenvalue weighted by atomic mass is 10.1. The van der Waals surface area contributed by atoms with Gasteiger partial charge in [-0.1, -0.05) is 24.3 Å². The van der Waals surface area contributed by atoms with E-state index >= 15 is 0 Å². The number of nitrogens with zero attached hydrogens (tertiary/aromatic N) is 4. The van der Waals surface area contributed by atoms with Gasteiger partial charge in [-0.15, -0.1) is 0 Å². The molecule has 1 aliphatic carbocycles. The average molecular weight is 599 g/mol. The standard InChI is InChI=1S/C30H38N4O7S/c1-19-11-24(40-4)12-20(2)29(19)42(38,39)34(23-9-10-23)17-28-31-25(18-41-28)30(37)32(3)13-21-5-7-22(8-6-21)14-33-15-26(35)27(36)16-33/h5-8,11-12,18,23,26-27,35-36H,9-10,13-17H2,1-4H3. The van der Waals surface area contributed by atoms with Gasteiger partial charge in [0, 0.05) is 39.3 Å². The SMILES string of the molecule is COc1cc(C)c(S(=O)(=O)N(Cc2nc(C(=O)N(C)Cc3ccc(CN4CC(O)C(O)C4)cc3)co2)C2CC2)c(C)c1. The van der Waals surface area contributed by atoms with E-state index in [1.54, 1.807) is 40.1 Å². The average Bonchev–Trinajstić information content (AvgIpc) is 3.58. The van der Waals surface area contributed by atoms with Crippen molar-refractivity contribution in [1.82, 2.24) is 19.1 Å². The predicted octanol–water partition coefficient (Wildman–Crippen LogP) is 2.46. The minimum Gasteiger partial charge on any atom is -0.497 e. The van der Waals surface area contributed by atoms with E-state index < -0.39 is 22.2 Å². The highest BCUT2D eigenvalue weighted by atomic mass is 32.2. The van der Waals surface area contributed by atoms with Crippen LogP contribution < -0.4 is 4.74 Å². The summed E-state index contributed by atoms with van der Waals surface area (Å²) in [5, 5.41) is 19.5. The Hall–Kier alpha value is -3.29. The number of hydrogen-bond donors (Lipinski definition) is 2. The van der Waals surface area contributed by atoms with Gasteiger partial charge < -0.3 is 24.3 Å². The summed E-state index contributed by atoms with van der Waals surface area (Å²) in [6.45, 7) is 5.28. The molecule has 2 fully saturated rings. The number of rotatable bonds is 11. The third kappa shape index (κ3) is 6.52. The molecule has 1 amide bonds. The van der Waals surface area contributed by atoms with Crippen LogP contribution in [0.1, 0.15) is 51.5 Å². The summed E-state index contributed by atoms with van der Waals surface area (Å²) in [4.78, 5) is 21.3. The summed E-state index contributed by atoms with van der Waals surface area (Å²) in [7, 11) is -0.632. The fourth-order valence-corrected chi connectivity index (χ4v) is 7.52. The fraction of sp³-hybridized carbons (Fsp3) is 0.467. The van der Waals surface area contributed by atoms with Crippen LogP contribution in [0.15, 0.2) is 52.0 Å². The number of carbonyl (C=O) groups is 1. The Labute approximate surface area is 246 Å². The molecule has 1 aliphatic heterocycles. The number of methoxy groups -OCH3 is 1. The van der Waals surface area contributed by atoms with E-state index in [9.17, 15) is 23.4 Å². The molecule has 2 aromatic carbocycles. The maximum absolute atomic E-state index is 13.8. The van der Waals surface area contributed by atoms with Crippen LogP contribution in [0.5, 0.6) is 5.75 Å². The van der Waals surface area contributed by atoms with Crippen LogP contribution in [0.2, 0.25) is 0 Å². The molecule has 12 heteroatoms. The van der Waals surface area contributed by atoms with Crippen molar-refractivity contribution in [3.05, 3.63) is 76.5 Å². The maximum atomic E-state index is 13.8. The van der Waals surface area contributed by atoms with Crippen molar-refractivity contribution < 1.29 is 32.6 Å². The number of amides is 1. The highest BCUT2D eigenvalue weighted by Gasteiger charge is 2.40. The highest BCUT2D eigenvalue weighted by Crippen LogP contribution is 2.36. The summed E-state index contributed by atoms with van der Waals surface area (Å²) >= 11 is 0. The Morgan fingerprint density at radius 2 is 1.64 bits per heavy atom. The Kier molecular flexibility index (Phi) is 8.72. The minimum atomic E-state index is -3.85. The Bertz CT molecular complexity index is 1500. The number of hydrogen-bond acceptors (Lipinski definition) is 9. The Balaban J connectivity index is 1.23. The topological polar surface area (TPSA) is 137 Å². The molecular formula is C30H38N4O7S. The van der Waals surface area contributed by atoms with Gasteiger partial charge in [-0.3, -0.25) is 9.69 Å². The number of aromatic nitrogens is 1. The van der Waals surface area contributed by atoms with E-state index in [1.807, 2.05) is 29.2 Å². The van der Waals surface area contributed by atoms with Gasteiger partial charge in [0.05, 0.1) is 30.8 Å². The normalized spacial score (nSPS) is 19.4. The molecule has 5 rings (SSSR count). The van der Waals surface area contributed by atoms with Gasteiger partial charge in [0.2, 0.25) is 15.9 Å². The lowest BCUT2D eigenvalue weighted by molar-refractivity contribution is 0.0572. The summed E-state index contributed by atoms with van der Waals surface area (Å²) in [6.07, 6.45) is 1.35. The molecule has 2 N–H and O–H groups in total. The summed E-state index contributed by atoms with van der Waals surface area (Å²) in [6, 6.07) is 11.1. The molecular weight excluding hydrogens is 560 g/mol. The van der Waals surface area contributed by atoms with Gasteiger partial charge >= 0.3 is 0 Å². The highest BCUT2D eigenvalue weighted by molar-refractivity contribution is 7.89. The molecule has 0 bridgehead atoms. The second-order valence-corrected chi connectivity index (χ2v) is 13.1.